The molecule has 0 amide bonds. The minimum Gasteiger partial charge on any atom is -0.341 e. The third kappa shape index (κ3) is 3.19. The van der Waals surface area contributed by atoms with Gasteiger partial charge in [-0.15, -0.1) is 0 Å². The summed E-state index contributed by atoms with van der Waals surface area (Å²) in [5.74, 6) is 1.05. The lowest BCUT2D eigenvalue weighted by Gasteiger charge is -2.22. The number of aryl methyl sites for hydroxylation is 1. The quantitative estimate of drug-likeness (QED) is 0.709. The van der Waals surface area contributed by atoms with Gasteiger partial charge in [-0.3, -0.25) is 0 Å². The van der Waals surface area contributed by atoms with E-state index < -0.39 is 0 Å². The first kappa shape index (κ1) is 17.0. The van der Waals surface area contributed by atoms with E-state index in [1.807, 2.05) is 6.20 Å². The number of benzene rings is 1. The number of likely N-dealkylation sites (N-methyl/N-ethyl adjacent to an activating group) is 1. The van der Waals surface area contributed by atoms with E-state index >= 15 is 0 Å². The fourth-order valence-electron chi connectivity index (χ4n) is 3.74. The van der Waals surface area contributed by atoms with Gasteiger partial charge in [-0.2, -0.15) is 4.98 Å². The van der Waals surface area contributed by atoms with E-state index in [1.54, 1.807) is 0 Å². The van der Waals surface area contributed by atoms with E-state index in [1.165, 1.54) is 17.5 Å². The molecule has 26 heavy (non-hydrogen) atoms. The molecule has 1 atom stereocenters. The normalized spacial score (nSPS) is 17.5. The van der Waals surface area contributed by atoms with E-state index in [9.17, 15) is 0 Å². The Morgan fingerprint density at radius 1 is 1.15 bits per heavy atom. The summed E-state index contributed by atoms with van der Waals surface area (Å²) >= 11 is 0. The molecular formula is C21H27N5. The molecule has 4 rings (SSSR count). The number of imidazole rings is 1. The highest BCUT2D eigenvalue weighted by atomic mass is 15.3. The second-order valence-electron chi connectivity index (χ2n) is 7.38. The Labute approximate surface area is 155 Å². The molecule has 0 radical (unpaired) electrons. The number of hydrogen-bond acceptors (Lipinski definition) is 4. The van der Waals surface area contributed by atoms with Gasteiger partial charge in [0.05, 0.1) is 12.1 Å². The summed E-state index contributed by atoms with van der Waals surface area (Å²) in [5, 5.41) is 0. The highest BCUT2D eigenvalue weighted by molar-refractivity contribution is 5.76. The molecule has 136 valence electrons. The summed E-state index contributed by atoms with van der Waals surface area (Å²) in [6.45, 7) is 5.06. The SMILES string of the molecule is CCc1cnc2nc(N3CC[C@H](N(C)C)C3)n(Cc3ccccc3)c2c1. The van der Waals surface area contributed by atoms with Crippen LogP contribution in [0.1, 0.15) is 24.5 Å². The van der Waals surface area contributed by atoms with Crippen LogP contribution in [0.5, 0.6) is 0 Å². The van der Waals surface area contributed by atoms with Crippen LogP contribution < -0.4 is 4.90 Å². The maximum Gasteiger partial charge on any atom is 0.208 e. The predicted molar refractivity (Wildman–Crippen MR) is 107 cm³/mol. The van der Waals surface area contributed by atoms with Gasteiger partial charge in [0.15, 0.2) is 5.65 Å². The lowest BCUT2D eigenvalue weighted by atomic mass is 10.2. The molecule has 1 saturated heterocycles. The zero-order valence-electron chi connectivity index (χ0n) is 15.9. The Morgan fingerprint density at radius 2 is 1.96 bits per heavy atom. The van der Waals surface area contributed by atoms with Crippen molar-refractivity contribution in [1.82, 2.24) is 19.4 Å². The summed E-state index contributed by atoms with van der Waals surface area (Å²) in [5.41, 5.74) is 4.53. The zero-order chi connectivity index (χ0) is 18.1. The van der Waals surface area contributed by atoms with Crippen molar-refractivity contribution in [2.24, 2.45) is 0 Å². The van der Waals surface area contributed by atoms with Crippen LogP contribution >= 0.6 is 0 Å². The molecule has 5 nitrogen and oxygen atoms in total. The van der Waals surface area contributed by atoms with E-state index in [2.05, 4.69) is 76.8 Å². The minimum absolute atomic E-state index is 0.583. The van der Waals surface area contributed by atoms with Gasteiger partial charge in [0, 0.05) is 25.3 Å². The third-order valence-electron chi connectivity index (χ3n) is 5.41. The maximum atomic E-state index is 4.92. The smallest absolute Gasteiger partial charge is 0.208 e. The average molecular weight is 349 g/mol. The fraction of sp³-hybridized carbons (Fsp3) is 0.429. The standard InChI is InChI=1S/C21H27N5/c1-4-16-12-19-20(22-13-16)23-21(25-11-10-18(15-25)24(2)3)26(19)14-17-8-6-5-7-9-17/h5-9,12-13,18H,4,10-11,14-15H2,1-3H3/t18-/m0/s1. The van der Waals surface area contributed by atoms with Crippen LogP contribution in [0, 0.1) is 0 Å². The Kier molecular flexibility index (Phi) is 4.64. The molecule has 0 spiro atoms. The van der Waals surface area contributed by atoms with Crippen molar-refractivity contribution < 1.29 is 0 Å². The number of pyridine rings is 1. The van der Waals surface area contributed by atoms with Crippen LogP contribution in [-0.4, -0.2) is 52.7 Å². The van der Waals surface area contributed by atoms with Crippen LogP contribution in [0.3, 0.4) is 0 Å². The minimum atomic E-state index is 0.583. The zero-order valence-corrected chi connectivity index (χ0v) is 15.9. The molecule has 0 aliphatic carbocycles. The lowest BCUT2D eigenvalue weighted by molar-refractivity contribution is 0.315. The number of anilines is 1. The lowest BCUT2D eigenvalue weighted by Crippen LogP contribution is -2.32. The van der Waals surface area contributed by atoms with Crippen LogP contribution in [0.2, 0.25) is 0 Å². The first-order valence-corrected chi connectivity index (χ1v) is 9.46. The number of fused-ring (bicyclic) bond motifs is 1. The van der Waals surface area contributed by atoms with Gasteiger partial charge in [-0.25, -0.2) is 4.98 Å². The highest BCUT2D eigenvalue weighted by Gasteiger charge is 2.28. The Bertz CT molecular complexity index is 884. The molecular weight excluding hydrogens is 322 g/mol. The number of nitrogens with zero attached hydrogens (tertiary/aromatic N) is 5. The van der Waals surface area contributed by atoms with Crippen molar-refractivity contribution in [3.05, 3.63) is 53.7 Å². The Hall–Kier alpha value is -2.40. The Balaban J connectivity index is 1.77. The molecule has 1 aliphatic rings. The van der Waals surface area contributed by atoms with Crippen molar-refractivity contribution >= 4 is 17.1 Å². The van der Waals surface area contributed by atoms with Crippen molar-refractivity contribution in [2.75, 3.05) is 32.1 Å². The molecule has 1 fully saturated rings. The van der Waals surface area contributed by atoms with Gasteiger partial charge in [-0.1, -0.05) is 37.3 Å². The number of hydrogen-bond donors (Lipinski definition) is 0. The fourth-order valence-corrected chi connectivity index (χ4v) is 3.74. The summed E-state index contributed by atoms with van der Waals surface area (Å²) in [6, 6.07) is 13.5. The monoisotopic (exact) mass is 349 g/mol. The molecule has 0 bridgehead atoms. The largest absolute Gasteiger partial charge is 0.341 e. The maximum absolute atomic E-state index is 4.92. The summed E-state index contributed by atoms with van der Waals surface area (Å²) in [6.07, 6.45) is 4.12. The van der Waals surface area contributed by atoms with Crippen LogP contribution in [0.15, 0.2) is 42.6 Å². The molecule has 3 aromatic rings. The van der Waals surface area contributed by atoms with E-state index in [0.29, 0.717) is 6.04 Å². The van der Waals surface area contributed by atoms with Gasteiger partial charge in [-0.05, 0) is 44.1 Å². The number of rotatable bonds is 5. The molecule has 0 saturated carbocycles. The molecule has 0 N–H and O–H groups in total. The van der Waals surface area contributed by atoms with E-state index in [4.69, 9.17) is 4.98 Å². The molecule has 1 aromatic carbocycles. The first-order chi connectivity index (χ1) is 12.7. The molecule has 5 heteroatoms. The van der Waals surface area contributed by atoms with Crippen molar-refractivity contribution in [1.29, 1.82) is 0 Å². The van der Waals surface area contributed by atoms with Gasteiger partial charge < -0.3 is 14.4 Å². The van der Waals surface area contributed by atoms with Crippen molar-refractivity contribution in [3.8, 4) is 0 Å². The molecule has 0 unspecified atom stereocenters. The van der Waals surface area contributed by atoms with E-state index in [-0.39, 0.29) is 0 Å². The Morgan fingerprint density at radius 3 is 2.65 bits per heavy atom. The second kappa shape index (κ2) is 7.08. The third-order valence-corrected chi connectivity index (χ3v) is 5.41. The van der Waals surface area contributed by atoms with Gasteiger partial charge in [0.2, 0.25) is 5.95 Å². The van der Waals surface area contributed by atoms with Gasteiger partial charge in [0.1, 0.15) is 0 Å². The predicted octanol–water partition coefficient (Wildman–Crippen LogP) is 3.18. The highest BCUT2D eigenvalue weighted by Crippen LogP contribution is 2.27. The number of aromatic nitrogens is 3. The summed E-state index contributed by atoms with van der Waals surface area (Å²) in [4.78, 5) is 14.3. The van der Waals surface area contributed by atoms with Gasteiger partial charge >= 0.3 is 0 Å². The van der Waals surface area contributed by atoms with Crippen LogP contribution in [-0.2, 0) is 13.0 Å². The summed E-state index contributed by atoms with van der Waals surface area (Å²) < 4.78 is 2.34. The van der Waals surface area contributed by atoms with Crippen LogP contribution in [0.4, 0.5) is 5.95 Å². The average Bonchev–Trinajstić information content (AvgIpc) is 3.27. The van der Waals surface area contributed by atoms with Gasteiger partial charge in [0.25, 0.3) is 0 Å². The molecule has 3 heterocycles. The topological polar surface area (TPSA) is 37.2 Å². The molecule has 1 aliphatic heterocycles. The van der Waals surface area contributed by atoms with Crippen molar-refractivity contribution in [3.63, 3.8) is 0 Å². The van der Waals surface area contributed by atoms with Crippen molar-refractivity contribution in [2.45, 2.75) is 32.4 Å². The summed E-state index contributed by atoms with van der Waals surface area (Å²) in [7, 11) is 4.33. The molecule has 2 aromatic heterocycles. The van der Waals surface area contributed by atoms with E-state index in [0.717, 1.165) is 43.2 Å². The van der Waals surface area contributed by atoms with Crippen LogP contribution in [0.25, 0.3) is 11.2 Å². The second-order valence-corrected chi connectivity index (χ2v) is 7.38. The first-order valence-electron chi connectivity index (χ1n) is 9.46.